The number of carbonyl (C=O) groups excluding carboxylic acids is 4. The molecule has 2 aliphatic rings. The number of likely N-dealkylation sites (tertiary alicyclic amines) is 2. The zero-order valence-corrected chi connectivity index (χ0v) is 22.9. The van der Waals surface area contributed by atoms with Gasteiger partial charge < -0.3 is 20.4 Å². The first kappa shape index (κ1) is 27.8. The second kappa shape index (κ2) is 13.1. The predicted molar refractivity (Wildman–Crippen MR) is 160 cm³/mol. The van der Waals surface area contributed by atoms with Crippen LogP contribution in [0.4, 0.5) is 11.4 Å². The summed E-state index contributed by atoms with van der Waals surface area (Å²) in [5.41, 5.74) is 4.26. The zero-order chi connectivity index (χ0) is 28.6. The van der Waals surface area contributed by atoms with Gasteiger partial charge in [0.2, 0.25) is 24.1 Å². The maximum atomic E-state index is 13.0. The van der Waals surface area contributed by atoms with E-state index in [1.54, 1.807) is 9.80 Å². The summed E-state index contributed by atoms with van der Waals surface area (Å²) in [6.07, 6.45) is 7.97. The van der Waals surface area contributed by atoms with E-state index >= 15 is 0 Å². The molecule has 0 spiro atoms. The maximum absolute atomic E-state index is 13.0. The van der Waals surface area contributed by atoms with E-state index < -0.39 is 12.1 Å². The van der Waals surface area contributed by atoms with E-state index in [2.05, 4.69) is 10.6 Å². The highest BCUT2D eigenvalue weighted by atomic mass is 16.2. The highest BCUT2D eigenvalue weighted by Crippen LogP contribution is 2.22. The van der Waals surface area contributed by atoms with Crippen molar-refractivity contribution < 1.29 is 19.2 Å². The molecule has 8 nitrogen and oxygen atoms in total. The number of hydrogen-bond acceptors (Lipinski definition) is 4. The van der Waals surface area contributed by atoms with E-state index in [4.69, 9.17) is 0 Å². The topological polar surface area (TPSA) is 98.8 Å². The van der Waals surface area contributed by atoms with Gasteiger partial charge in [-0.15, -0.1) is 0 Å². The molecule has 2 heterocycles. The summed E-state index contributed by atoms with van der Waals surface area (Å²) in [4.78, 5) is 52.7. The molecule has 0 radical (unpaired) electrons. The molecule has 2 fully saturated rings. The molecule has 5 rings (SSSR count). The molecule has 4 amide bonds. The third kappa shape index (κ3) is 7.08. The van der Waals surface area contributed by atoms with Gasteiger partial charge in [-0.2, -0.15) is 0 Å². The highest BCUT2D eigenvalue weighted by Gasteiger charge is 2.34. The fraction of sp³-hybridized carbons (Fsp3) is 0.273. The number of hydrogen-bond donors (Lipinski definition) is 2. The third-order valence-corrected chi connectivity index (χ3v) is 7.63. The van der Waals surface area contributed by atoms with E-state index in [1.807, 2.05) is 91.0 Å². The number of anilines is 2. The molecule has 8 heteroatoms. The van der Waals surface area contributed by atoms with Gasteiger partial charge in [-0.3, -0.25) is 19.2 Å². The largest absolute Gasteiger partial charge is 0.333 e. The van der Waals surface area contributed by atoms with Gasteiger partial charge in [0.15, 0.2) is 0 Å². The summed E-state index contributed by atoms with van der Waals surface area (Å²) in [5.74, 6) is -0.348. The summed E-state index contributed by atoms with van der Waals surface area (Å²) in [6, 6.07) is 23.8. The van der Waals surface area contributed by atoms with Crippen LogP contribution in [0, 0.1) is 0 Å². The Morgan fingerprint density at radius 2 is 1.24 bits per heavy atom. The van der Waals surface area contributed by atoms with Crippen molar-refractivity contribution in [1.29, 1.82) is 0 Å². The predicted octanol–water partition coefficient (Wildman–Crippen LogP) is 4.59. The van der Waals surface area contributed by atoms with E-state index in [-0.39, 0.29) is 17.7 Å². The Kier molecular flexibility index (Phi) is 8.89. The average molecular weight is 551 g/mol. The summed E-state index contributed by atoms with van der Waals surface area (Å²) < 4.78 is 0. The van der Waals surface area contributed by atoms with Gasteiger partial charge in [0, 0.05) is 24.5 Å². The number of carbonyl (C=O) groups is 4. The van der Waals surface area contributed by atoms with Crippen molar-refractivity contribution in [2.24, 2.45) is 0 Å². The highest BCUT2D eigenvalue weighted by molar-refractivity contribution is 5.98. The Bertz CT molecular complexity index is 1400. The van der Waals surface area contributed by atoms with Gasteiger partial charge >= 0.3 is 0 Å². The van der Waals surface area contributed by atoms with Crippen LogP contribution >= 0.6 is 0 Å². The maximum Gasteiger partial charge on any atom is 0.247 e. The van der Waals surface area contributed by atoms with Crippen LogP contribution in [0.3, 0.4) is 0 Å². The smallest absolute Gasteiger partial charge is 0.247 e. The molecule has 3 aromatic carbocycles. The molecule has 0 saturated carbocycles. The standard InChI is InChI=1S/C33H34N4O4/c38-23-36-20-4-8-29(36)32(40)34-27-16-12-24(13-17-27)10-11-25-14-18-28(19-15-25)35-33(41)30-9-5-21-37(30)31(39)22-26-6-2-1-3-7-26/h1-3,6-7,10-19,23,29-30H,4-5,8-9,20-22H2,(H,34,40)(H,35,41)/b11-10+/t29-,30-/m0/s1. The lowest BCUT2D eigenvalue weighted by atomic mass is 10.1. The SMILES string of the molecule is O=CN1CCC[C@H]1C(=O)Nc1ccc(/C=C/c2ccc(NC(=O)[C@@H]3CCCN3C(=O)Cc3ccccc3)cc2)cc1. The molecule has 210 valence electrons. The first-order valence-corrected chi connectivity index (χ1v) is 14.0. The minimum Gasteiger partial charge on any atom is -0.333 e. The van der Waals surface area contributed by atoms with Crippen molar-refractivity contribution in [3.8, 4) is 0 Å². The van der Waals surface area contributed by atoms with Crippen LogP contribution in [0.15, 0.2) is 78.9 Å². The molecular weight excluding hydrogens is 516 g/mol. The van der Waals surface area contributed by atoms with E-state index in [9.17, 15) is 19.2 Å². The van der Waals surface area contributed by atoms with Crippen LogP contribution < -0.4 is 10.6 Å². The number of benzene rings is 3. The van der Waals surface area contributed by atoms with Crippen LogP contribution in [0.2, 0.25) is 0 Å². The van der Waals surface area contributed by atoms with Crippen molar-refractivity contribution in [1.82, 2.24) is 9.80 Å². The summed E-state index contributed by atoms with van der Waals surface area (Å²) in [6.45, 7) is 1.22. The fourth-order valence-electron chi connectivity index (χ4n) is 5.41. The van der Waals surface area contributed by atoms with Crippen LogP contribution in [-0.4, -0.2) is 59.1 Å². The Morgan fingerprint density at radius 3 is 1.83 bits per heavy atom. The van der Waals surface area contributed by atoms with Gasteiger partial charge in [0.25, 0.3) is 0 Å². The lowest BCUT2D eigenvalue weighted by Crippen LogP contribution is -2.43. The number of amides is 4. The van der Waals surface area contributed by atoms with Crippen LogP contribution in [0.1, 0.15) is 42.4 Å². The molecule has 0 aromatic heterocycles. The molecule has 41 heavy (non-hydrogen) atoms. The van der Waals surface area contributed by atoms with Gasteiger partial charge in [0.1, 0.15) is 12.1 Å². The van der Waals surface area contributed by atoms with Crippen molar-refractivity contribution in [3.63, 3.8) is 0 Å². The van der Waals surface area contributed by atoms with E-state index in [0.717, 1.165) is 35.9 Å². The van der Waals surface area contributed by atoms with Crippen LogP contribution in [0.5, 0.6) is 0 Å². The van der Waals surface area contributed by atoms with E-state index in [0.29, 0.717) is 43.7 Å². The summed E-state index contributed by atoms with van der Waals surface area (Å²) in [7, 11) is 0. The molecule has 2 N–H and O–H groups in total. The lowest BCUT2D eigenvalue weighted by Gasteiger charge is -2.24. The minimum atomic E-state index is -0.458. The van der Waals surface area contributed by atoms with Crippen molar-refractivity contribution in [3.05, 3.63) is 95.6 Å². The second-order valence-electron chi connectivity index (χ2n) is 10.5. The average Bonchev–Trinajstić information content (AvgIpc) is 3.68. The Hall–Kier alpha value is -4.72. The first-order chi connectivity index (χ1) is 20.0. The number of nitrogens with zero attached hydrogens (tertiary/aromatic N) is 2. The zero-order valence-electron chi connectivity index (χ0n) is 22.9. The fourth-order valence-corrected chi connectivity index (χ4v) is 5.41. The lowest BCUT2D eigenvalue weighted by molar-refractivity contribution is -0.136. The van der Waals surface area contributed by atoms with Crippen molar-refractivity contribution in [2.45, 2.75) is 44.2 Å². The van der Waals surface area contributed by atoms with Crippen molar-refractivity contribution >= 4 is 47.7 Å². The Labute approximate surface area is 240 Å². The molecule has 2 saturated heterocycles. The monoisotopic (exact) mass is 550 g/mol. The van der Waals surface area contributed by atoms with E-state index in [1.165, 1.54) is 0 Å². The molecule has 2 atom stereocenters. The van der Waals surface area contributed by atoms with Gasteiger partial charge in [0.05, 0.1) is 6.42 Å². The van der Waals surface area contributed by atoms with Gasteiger partial charge in [-0.25, -0.2) is 0 Å². The quantitative estimate of drug-likeness (QED) is 0.301. The molecular formula is C33H34N4O4. The molecule has 3 aromatic rings. The first-order valence-electron chi connectivity index (χ1n) is 14.0. The summed E-state index contributed by atoms with van der Waals surface area (Å²) >= 11 is 0. The van der Waals surface area contributed by atoms with Gasteiger partial charge in [-0.1, -0.05) is 66.7 Å². The third-order valence-electron chi connectivity index (χ3n) is 7.63. The van der Waals surface area contributed by atoms with Crippen LogP contribution in [0.25, 0.3) is 12.2 Å². The van der Waals surface area contributed by atoms with Crippen LogP contribution in [-0.2, 0) is 25.6 Å². The Morgan fingerprint density at radius 1 is 0.707 bits per heavy atom. The van der Waals surface area contributed by atoms with Crippen molar-refractivity contribution in [2.75, 3.05) is 23.7 Å². The van der Waals surface area contributed by atoms with Gasteiger partial charge in [-0.05, 0) is 66.6 Å². The Balaban J connectivity index is 1.12. The minimum absolute atomic E-state index is 0.0249. The second-order valence-corrected chi connectivity index (χ2v) is 10.5. The molecule has 0 bridgehead atoms. The molecule has 0 unspecified atom stereocenters. The number of nitrogens with one attached hydrogen (secondary N) is 2. The molecule has 0 aliphatic carbocycles. The number of rotatable bonds is 9. The summed E-state index contributed by atoms with van der Waals surface area (Å²) in [5, 5.41) is 5.86. The molecule has 2 aliphatic heterocycles. The normalized spacial score (nSPS) is 18.4.